The van der Waals surface area contributed by atoms with Crippen LogP contribution < -0.4 is 4.74 Å². The zero-order valence-electron chi connectivity index (χ0n) is 17.1. The minimum absolute atomic E-state index is 0.00524. The first kappa shape index (κ1) is 21.9. The second kappa shape index (κ2) is 9.06. The van der Waals surface area contributed by atoms with E-state index >= 15 is 0 Å². The molecule has 1 aliphatic rings. The molecule has 2 heterocycles. The van der Waals surface area contributed by atoms with E-state index in [-0.39, 0.29) is 23.6 Å². The maximum absolute atomic E-state index is 13.1. The number of phenolic OH excluding ortho intramolecular Hbond substituents is 1. The number of ether oxygens (including phenoxy) is 1. The molecule has 1 fully saturated rings. The molecule has 1 amide bonds. The number of halogens is 1. The number of rotatable bonds is 6. The van der Waals surface area contributed by atoms with Crippen molar-refractivity contribution >= 4 is 40.4 Å². The number of phenols is 1. The van der Waals surface area contributed by atoms with E-state index in [0.29, 0.717) is 28.5 Å². The van der Waals surface area contributed by atoms with E-state index in [2.05, 4.69) is 0 Å². The number of aliphatic hydroxyl groups is 1. The van der Waals surface area contributed by atoms with Gasteiger partial charge in [-0.05, 0) is 54.3 Å². The molecule has 1 unspecified atom stereocenters. The van der Waals surface area contributed by atoms with Crippen molar-refractivity contribution in [1.82, 2.24) is 4.90 Å². The molecule has 8 heteroatoms. The molecule has 164 valence electrons. The number of likely N-dealkylation sites (tertiary alicyclic amines) is 1. The quantitative estimate of drug-likeness (QED) is 0.297. The monoisotopic (exact) mass is 469 g/mol. The number of aliphatic hydroxyl groups excluding tert-OH is 1. The molecule has 0 radical (unpaired) electrons. The molecule has 0 bridgehead atoms. The molecule has 1 saturated heterocycles. The molecule has 1 aromatic heterocycles. The number of hydrogen-bond donors (Lipinski definition) is 2. The Morgan fingerprint density at radius 1 is 1.16 bits per heavy atom. The molecular weight excluding hydrogens is 450 g/mol. The van der Waals surface area contributed by atoms with Gasteiger partial charge in [0.25, 0.3) is 11.7 Å². The fourth-order valence-electron chi connectivity index (χ4n) is 3.73. The van der Waals surface area contributed by atoms with E-state index in [1.807, 2.05) is 17.5 Å². The van der Waals surface area contributed by atoms with Gasteiger partial charge in [-0.15, -0.1) is 11.3 Å². The van der Waals surface area contributed by atoms with Crippen LogP contribution in [0.2, 0.25) is 5.02 Å². The highest BCUT2D eigenvalue weighted by atomic mass is 35.5. The maximum Gasteiger partial charge on any atom is 0.295 e. The van der Waals surface area contributed by atoms with Crippen LogP contribution in [-0.4, -0.2) is 33.4 Å². The van der Waals surface area contributed by atoms with Gasteiger partial charge in [0.15, 0.2) is 0 Å². The van der Waals surface area contributed by atoms with E-state index in [1.54, 1.807) is 31.2 Å². The summed E-state index contributed by atoms with van der Waals surface area (Å²) in [5.74, 6) is -1.48. The Morgan fingerprint density at radius 2 is 1.97 bits per heavy atom. The smallest absolute Gasteiger partial charge is 0.295 e. The lowest BCUT2D eigenvalue weighted by molar-refractivity contribution is -0.140. The van der Waals surface area contributed by atoms with Crippen LogP contribution in [0.1, 0.15) is 29.0 Å². The van der Waals surface area contributed by atoms with Crippen LogP contribution in [0.5, 0.6) is 11.5 Å². The highest BCUT2D eigenvalue weighted by Gasteiger charge is 2.46. The fraction of sp³-hybridized carbons (Fsp3) is 0.167. The highest BCUT2D eigenvalue weighted by molar-refractivity contribution is 7.09. The van der Waals surface area contributed by atoms with E-state index in [4.69, 9.17) is 16.3 Å². The summed E-state index contributed by atoms with van der Waals surface area (Å²) in [5, 5.41) is 23.4. The van der Waals surface area contributed by atoms with Crippen molar-refractivity contribution in [3.63, 3.8) is 0 Å². The summed E-state index contributed by atoms with van der Waals surface area (Å²) in [7, 11) is 0. The lowest BCUT2D eigenvalue weighted by Crippen LogP contribution is -2.28. The van der Waals surface area contributed by atoms with Crippen LogP contribution in [0.15, 0.2) is 65.6 Å². The van der Waals surface area contributed by atoms with Crippen molar-refractivity contribution in [2.24, 2.45) is 0 Å². The third-order valence-corrected chi connectivity index (χ3v) is 6.31. The third-order valence-electron chi connectivity index (χ3n) is 5.14. The number of benzene rings is 2. The van der Waals surface area contributed by atoms with Crippen molar-refractivity contribution in [2.75, 3.05) is 6.61 Å². The van der Waals surface area contributed by atoms with Gasteiger partial charge in [-0.3, -0.25) is 9.59 Å². The van der Waals surface area contributed by atoms with Crippen molar-refractivity contribution in [3.8, 4) is 11.5 Å². The molecule has 4 rings (SSSR count). The van der Waals surface area contributed by atoms with Gasteiger partial charge < -0.3 is 19.8 Å². The van der Waals surface area contributed by atoms with Gasteiger partial charge in [0.1, 0.15) is 17.3 Å². The van der Waals surface area contributed by atoms with E-state index in [9.17, 15) is 19.8 Å². The number of amides is 1. The molecule has 0 aliphatic carbocycles. The van der Waals surface area contributed by atoms with Gasteiger partial charge >= 0.3 is 0 Å². The van der Waals surface area contributed by atoms with Crippen LogP contribution >= 0.6 is 22.9 Å². The molecule has 3 aromatic rings. The summed E-state index contributed by atoms with van der Waals surface area (Å²) in [4.78, 5) is 28.4. The van der Waals surface area contributed by atoms with Gasteiger partial charge in [-0.25, -0.2) is 0 Å². The predicted molar refractivity (Wildman–Crippen MR) is 123 cm³/mol. The molecule has 2 aromatic carbocycles. The van der Waals surface area contributed by atoms with Crippen molar-refractivity contribution in [1.29, 1.82) is 0 Å². The van der Waals surface area contributed by atoms with Crippen LogP contribution in [0.3, 0.4) is 0 Å². The number of thiophene rings is 1. The summed E-state index contributed by atoms with van der Waals surface area (Å²) in [6.07, 6.45) is 0. The average molecular weight is 470 g/mol. The summed E-state index contributed by atoms with van der Waals surface area (Å²) >= 11 is 7.62. The van der Waals surface area contributed by atoms with Gasteiger partial charge in [0.05, 0.1) is 29.8 Å². The molecule has 2 N–H and O–H groups in total. The van der Waals surface area contributed by atoms with Crippen molar-refractivity contribution < 1.29 is 24.5 Å². The standard InChI is InChI=1S/C24H20ClNO5S/c1-2-31-19-12-15(8-9-18(19)25)22(28)20-21(14-5-3-6-16(27)11-14)26(24(30)23(20)29)13-17-7-4-10-32-17/h3-12,21,27-28H,2,13H2,1H3/b22-20-. The van der Waals surface area contributed by atoms with E-state index < -0.39 is 17.7 Å². The van der Waals surface area contributed by atoms with Gasteiger partial charge in [0, 0.05) is 10.4 Å². The van der Waals surface area contributed by atoms with E-state index in [0.717, 1.165) is 4.88 Å². The minimum Gasteiger partial charge on any atom is -0.508 e. The molecule has 1 atom stereocenters. The molecule has 32 heavy (non-hydrogen) atoms. The fourth-order valence-corrected chi connectivity index (χ4v) is 4.60. The first-order chi connectivity index (χ1) is 15.4. The number of aromatic hydroxyl groups is 1. The second-order valence-corrected chi connectivity index (χ2v) is 8.62. The molecule has 0 spiro atoms. The summed E-state index contributed by atoms with van der Waals surface area (Å²) < 4.78 is 5.50. The lowest BCUT2D eigenvalue weighted by atomic mass is 9.95. The zero-order chi connectivity index (χ0) is 22.8. The minimum atomic E-state index is -0.865. The number of nitrogens with zero attached hydrogens (tertiary/aromatic N) is 1. The van der Waals surface area contributed by atoms with Gasteiger partial charge in [-0.1, -0.05) is 29.8 Å². The first-order valence-corrected chi connectivity index (χ1v) is 11.2. The second-order valence-electron chi connectivity index (χ2n) is 7.18. The van der Waals surface area contributed by atoms with Crippen LogP contribution in [-0.2, 0) is 16.1 Å². The summed E-state index contributed by atoms with van der Waals surface area (Å²) in [6.45, 7) is 2.38. The molecule has 6 nitrogen and oxygen atoms in total. The number of carbonyl (C=O) groups is 2. The molecule has 0 saturated carbocycles. The number of ketones is 1. The maximum atomic E-state index is 13.1. The molecular formula is C24H20ClNO5S. The third kappa shape index (κ3) is 4.09. The van der Waals surface area contributed by atoms with E-state index in [1.165, 1.54) is 34.4 Å². The molecule has 1 aliphatic heterocycles. The summed E-state index contributed by atoms with van der Waals surface area (Å²) in [6, 6.07) is 13.9. The zero-order valence-corrected chi connectivity index (χ0v) is 18.7. The van der Waals surface area contributed by atoms with Crippen LogP contribution in [0.25, 0.3) is 5.76 Å². The Balaban J connectivity index is 1.87. The van der Waals surface area contributed by atoms with Gasteiger partial charge in [-0.2, -0.15) is 0 Å². The van der Waals surface area contributed by atoms with Gasteiger partial charge in [0.2, 0.25) is 0 Å². The van der Waals surface area contributed by atoms with Crippen LogP contribution in [0, 0.1) is 0 Å². The number of Topliss-reactive ketones (excluding diaryl/α,β-unsaturated/α-hetero) is 1. The summed E-state index contributed by atoms with van der Waals surface area (Å²) in [5.41, 5.74) is 0.764. The Morgan fingerprint density at radius 3 is 2.66 bits per heavy atom. The Kier molecular flexibility index (Phi) is 6.21. The normalized spacial score (nSPS) is 17.7. The van der Waals surface area contributed by atoms with Crippen LogP contribution in [0.4, 0.5) is 0 Å². The lowest BCUT2D eigenvalue weighted by Gasteiger charge is -2.25. The Hall–Kier alpha value is -3.29. The van der Waals surface area contributed by atoms with Crippen molar-refractivity contribution in [2.45, 2.75) is 19.5 Å². The number of carbonyl (C=O) groups excluding carboxylic acids is 2. The Labute approximate surface area is 193 Å². The Bertz CT molecular complexity index is 1200. The predicted octanol–water partition coefficient (Wildman–Crippen LogP) is 5.13. The topological polar surface area (TPSA) is 87.1 Å². The SMILES string of the molecule is CCOc1cc(/C(O)=C2/C(=O)C(=O)N(Cc3cccs3)C2c2cccc(O)c2)ccc1Cl. The largest absolute Gasteiger partial charge is 0.508 e. The number of hydrogen-bond acceptors (Lipinski definition) is 6. The van der Waals surface area contributed by atoms with Crippen molar-refractivity contribution in [3.05, 3.63) is 86.6 Å². The average Bonchev–Trinajstić information content (AvgIpc) is 3.37. The first-order valence-electron chi connectivity index (χ1n) is 9.93. The highest BCUT2D eigenvalue weighted by Crippen LogP contribution is 2.42.